The summed E-state index contributed by atoms with van der Waals surface area (Å²) in [5.41, 5.74) is 7.30. The topological polar surface area (TPSA) is 35.2 Å². The fourth-order valence-corrected chi connectivity index (χ4v) is 4.59. The third kappa shape index (κ3) is 2.44. The van der Waals surface area contributed by atoms with E-state index in [9.17, 15) is 4.39 Å². The standard InChI is InChI=1S/C17H24FNO/c1-11-7-16(2,3)10-17(8-11)9-14(19)13-5-4-12(18)6-15(13)20-17/h4-6,11,14H,7-10,19H2,1-3H3. The minimum atomic E-state index is -0.254. The molecule has 1 aromatic carbocycles. The maximum atomic E-state index is 13.5. The van der Waals surface area contributed by atoms with Crippen molar-refractivity contribution in [3.8, 4) is 5.75 Å². The zero-order chi connectivity index (χ0) is 14.5. The summed E-state index contributed by atoms with van der Waals surface area (Å²) in [4.78, 5) is 0. The number of benzene rings is 1. The third-order valence-electron chi connectivity index (χ3n) is 4.72. The molecule has 3 rings (SSSR count). The van der Waals surface area contributed by atoms with Crippen LogP contribution in [0.2, 0.25) is 0 Å². The molecule has 1 aromatic rings. The Bertz CT molecular complexity index is 528. The molecule has 1 heterocycles. The Hall–Kier alpha value is -1.09. The van der Waals surface area contributed by atoms with E-state index < -0.39 is 0 Å². The van der Waals surface area contributed by atoms with Crippen LogP contribution in [0, 0.1) is 17.2 Å². The predicted molar refractivity (Wildman–Crippen MR) is 78.1 cm³/mol. The Morgan fingerprint density at radius 1 is 1.25 bits per heavy atom. The molecule has 20 heavy (non-hydrogen) atoms. The molecule has 3 atom stereocenters. The number of rotatable bonds is 0. The van der Waals surface area contributed by atoms with E-state index in [1.807, 2.05) is 0 Å². The lowest BCUT2D eigenvalue weighted by Gasteiger charge is -2.50. The van der Waals surface area contributed by atoms with Crippen LogP contribution in [-0.4, -0.2) is 5.60 Å². The largest absolute Gasteiger partial charge is 0.487 e. The van der Waals surface area contributed by atoms with Gasteiger partial charge in [0.2, 0.25) is 0 Å². The summed E-state index contributed by atoms with van der Waals surface area (Å²) in [6.45, 7) is 6.86. The SMILES string of the molecule is CC1CC(C)(C)CC2(C1)CC(N)c1ccc(F)cc1O2. The summed E-state index contributed by atoms with van der Waals surface area (Å²) in [6, 6.07) is 4.66. The van der Waals surface area contributed by atoms with Crippen molar-refractivity contribution in [3.05, 3.63) is 29.6 Å². The van der Waals surface area contributed by atoms with Crippen molar-refractivity contribution in [2.24, 2.45) is 17.1 Å². The summed E-state index contributed by atoms with van der Waals surface area (Å²) in [5.74, 6) is 1.01. The number of halogens is 1. The highest BCUT2D eigenvalue weighted by molar-refractivity contribution is 5.39. The van der Waals surface area contributed by atoms with Crippen LogP contribution >= 0.6 is 0 Å². The van der Waals surface area contributed by atoms with Gasteiger partial charge < -0.3 is 10.5 Å². The maximum absolute atomic E-state index is 13.5. The van der Waals surface area contributed by atoms with Crippen LogP contribution in [0.3, 0.4) is 0 Å². The molecule has 3 unspecified atom stereocenters. The van der Waals surface area contributed by atoms with Gasteiger partial charge in [-0.25, -0.2) is 4.39 Å². The molecular weight excluding hydrogens is 253 g/mol. The van der Waals surface area contributed by atoms with Gasteiger partial charge in [0.25, 0.3) is 0 Å². The minimum absolute atomic E-state index is 0.0551. The molecule has 2 nitrogen and oxygen atoms in total. The highest BCUT2D eigenvalue weighted by Gasteiger charge is 2.48. The summed E-state index contributed by atoms with van der Waals surface area (Å²) >= 11 is 0. The predicted octanol–water partition coefficient (Wildman–Crippen LogP) is 4.19. The van der Waals surface area contributed by atoms with E-state index in [4.69, 9.17) is 10.5 Å². The van der Waals surface area contributed by atoms with E-state index in [1.165, 1.54) is 18.6 Å². The summed E-state index contributed by atoms with van der Waals surface area (Å²) in [5, 5.41) is 0. The van der Waals surface area contributed by atoms with E-state index in [-0.39, 0.29) is 22.9 Å². The first-order chi connectivity index (χ1) is 9.29. The summed E-state index contributed by atoms with van der Waals surface area (Å²) in [6.07, 6.45) is 4.05. The molecular formula is C17H24FNO. The molecule has 1 spiro atoms. The van der Waals surface area contributed by atoms with Crippen LogP contribution < -0.4 is 10.5 Å². The zero-order valence-corrected chi connectivity index (χ0v) is 12.6. The highest BCUT2D eigenvalue weighted by Crippen LogP contribution is 2.52. The van der Waals surface area contributed by atoms with Crippen LogP contribution in [0.4, 0.5) is 4.39 Å². The second-order valence-electron chi connectivity index (χ2n) is 7.63. The number of hydrogen-bond donors (Lipinski definition) is 1. The molecule has 110 valence electrons. The van der Waals surface area contributed by atoms with E-state index in [2.05, 4.69) is 20.8 Å². The first-order valence-electron chi connectivity index (χ1n) is 7.53. The normalized spacial score (nSPS) is 35.5. The van der Waals surface area contributed by atoms with Gasteiger partial charge >= 0.3 is 0 Å². The van der Waals surface area contributed by atoms with Crippen LogP contribution in [-0.2, 0) is 0 Å². The average Bonchev–Trinajstić information content (AvgIpc) is 2.23. The molecule has 1 aliphatic carbocycles. The molecule has 0 saturated heterocycles. The lowest BCUT2D eigenvalue weighted by atomic mass is 9.63. The number of ether oxygens (including phenoxy) is 1. The van der Waals surface area contributed by atoms with Gasteiger partial charge in [-0.2, -0.15) is 0 Å². The quantitative estimate of drug-likeness (QED) is 0.771. The van der Waals surface area contributed by atoms with Gasteiger partial charge in [0, 0.05) is 24.1 Å². The van der Waals surface area contributed by atoms with Gasteiger partial charge in [-0.1, -0.05) is 26.8 Å². The van der Waals surface area contributed by atoms with Gasteiger partial charge in [-0.05, 0) is 36.7 Å². The van der Waals surface area contributed by atoms with Crippen molar-refractivity contribution >= 4 is 0 Å². The second-order valence-corrected chi connectivity index (χ2v) is 7.63. The van der Waals surface area contributed by atoms with Crippen molar-refractivity contribution in [1.82, 2.24) is 0 Å². The Kier molecular flexibility index (Phi) is 3.09. The van der Waals surface area contributed by atoms with Gasteiger partial charge in [0.15, 0.2) is 0 Å². The van der Waals surface area contributed by atoms with Crippen molar-refractivity contribution in [2.45, 2.75) is 58.1 Å². The lowest BCUT2D eigenvalue weighted by molar-refractivity contribution is -0.0572. The molecule has 2 N–H and O–H groups in total. The van der Waals surface area contributed by atoms with E-state index in [0.717, 1.165) is 24.8 Å². The van der Waals surface area contributed by atoms with Crippen LogP contribution in [0.15, 0.2) is 18.2 Å². The fourth-order valence-electron chi connectivity index (χ4n) is 4.59. The fraction of sp³-hybridized carbons (Fsp3) is 0.647. The Balaban J connectivity index is 1.97. The van der Waals surface area contributed by atoms with Gasteiger partial charge in [0.05, 0.1) is 0 Å². The molecule has 1 fully saturated rings. The second kappa shape index (κ2) is 4.45. The van der Waals surface area contributed by atoms with Crippen molar-refractivity contribution in [1.29, 1.82) is 0 Å². The molecule has 0 aromatic heterocycles. The Morgan fingerprint density at radius 2 is 2.00 bits per heavy atom. The Labute approximate surface area is 120 Å². The van der Waals surface area contributed by atoms with Gasteiger partial charge in [-0.3, -0.25) is 0 Å². The van der Waals surface area contributed by atoms with E-state index in [1.54, 1.807) is 6.07 Å². The molecule has 1 aliphatic heterocycles. The monoisotopic (exact) mass is 277 g/mol. The third-order valence-corrected chi connectivity index (χ3v) is 4.72. The molecule has 1 saturated carbocycles. The van der Waals surface area contributed by atoms with Crippen LogP contribution in [0.1, 0.15) is 58.1 Å². The van der Waals surface area contributed by atoms with Gasteiger partial charge in [-0.15, -0.1) is 0 Å². The minimum Gasteiger partial charge on any atom is -0.487 e. The smallest absolute Gasteiger partial charge is 0.127 e. The van der Waals surface area contributed by atoms with Gasteiger partial charge in [0.1, 0.15) is 17.2 Å². The molecule has 3 heteroatoms. The number of fused-ring (bicyclic) bond motifs is 1. The average molecular weight is 277 g/mol. The van der Waals surface area contributed by atoms with Crippen LogP contribution in [0.25, 0.3) is 0 Å². The first-order valence-corrected chi connectivity index (χ1v) is 7.53. The zero-order valence-electron chi connectivity index (χ0n) is 12.6. The maximum Gasteiger partial charge on any atom is 0.127 e. The van der Waals surface area contributed by atoms with Crippen molar-refractivity contribution in [3.63, 3.8) is 0 Å². The molecule has 2 aliphatic rings. The molecule has 0 bridgehead atoms. The highest BCUT2D eigenvalue weighted by atomic mass is 19.1. The Morgan fingerprint density at radius 3 is 2.70 bits per heavy atom. The number of hydrogen-bond acceptors (Lipinski definition) is 2. The molecule has 0 amide bonds. The van der Waals surface area contributed by atoms with E-state index in [0.29, 0.717) is 11.7 Å². The number of nitrogens with two attached hydrogens (primary N) is 1. The lowest BCUT2D eigenvalue weighted by Crippen LogP contribution is -2.50. The van der Waals surface area contributed by atoms with Crippen LogP contribution in [0.5, 0.6) is 5.75 Å². The van der Waals surface area contributed by atoms with Crippen molar-refractivity contribution < 1.29 is 9.13 Å². The van der Waals surface area contributed by atoms with Crippen molar-refractivity contribution in [2.75, 3.05) is 0 Å². The van der Waals surface area contributed by atoms with E-state index >= 15 is 0 Å². The molecule has 0 radical (unpaired) electrons. The summed E-state index contributed by atoms with van der Waals surface area (Å²) in [7, 11) is 0. The summed E-state index contributed by atoms with van der Waals surface area (Å²) < 4.78 is 19.8. The first kappa shape index (κ1) is 13.9.